The molecule has 0 fully saturated rings. The molecule has 112 valence electrons. The number of aliphatic imine (C=N–C) groups is 1. The zero-order valence-electron chi connectivity index (χ0n) is 12.7. The van der Waals surface area contributed by atoms with E-state index in [4.69, 9.17) is 4.99 Å². The van der Waals surface area contributed by atoms with E-state index in [1.807, 2.05) is 30.3 Å². The van der Waals surface area contributed by atoms with E-state index in [2.05, 4.69) is 50.9 Å². The molecule has 0 atom stereocenters. The Labute approximate surface area is 143 Å². The number of halogens is 1. The number of rotatable bonds is 6. The average molecular weight is 400 g/mol. The summed E-state index contributed by atoms with van der Waals surface area (Å²) in [6.45, 7) is 14.2. The zero-order valence-corrected chi connectivity index (χ0v) is 14.9. The van der Waals surface area contributed by atoms with E-state index in [-0.39, 0.29) is 21.2 Å². The molecule has 0 unspecified atom stereocenters. The maximum atomic E-state index is 4.75. The SMILES string of the molecule is C=CC(=C)/C(=N\C(=C)[I-]c1ccccc1C)c1ccccc1. The number of aryl methyl sites for hydroxylation is 1. The number of hydrogen-bond acceptors (Lipinski definition) is 1. The summed E-state index contributed by atoms with van der Waals surface area (Å²) in [7, 11) is 0. The first kappa shape index (κ1) is 16.4. The third-order valence-corrected chi connectivity index (χ3v) is 5.77. The molecule has 2 rings (SSSR count). The summed E-state index contributed by atoms with van der Waals surface area (Å²) < 4.78 is 2.28. The zero-order chi connectivity index (χ0) is 15.9. The Morgan fingerprint density at radius 1 is 1.00 bits per heavy atom. The van der Waals surface area contributed by atoms with Crippen molar-refractivity contribution in [2.75, 3.05) is 0 Å². The third-order valence-electron chi connectivity index (χ3n) is 3.12. The van der Waals surface area contributed by atoms with Crippen LogP contribution in [0.25, 0.3) is 0 Å². The molecule has 1 nitrogen and oxygen atoms in total. The van der Waals surface area contributed by atoms with Crippen molar-refractivity contribution in [1.29, 1.82) is 0 Å². The van der Waals surface area contributed by atoms with Crippen LogP contribution in [0.2, 0.25) is 0 Å². The van der Waals surface area contributed by atoms with E-state index in [1.165, 1.54) is 9.13 Å². The van der Waals surface area contributed by atoms with Gasteiger partial charge in [-0.15, -0.1) is 0 Å². The van der Waals surface area contributed by atoms with Crippen LogP contribution < -0.4 is 21.2 Å². The van der Waals surface area contributed by atoms with Crippen LogP contribution in [0.5, 0.6) is 0 Å². The molecule has 0 aliphatic rings. The molecule has 0 aliphatic carbocycles. The first-order valence-corrected chi connectivity index (χ1v) is 9.12. The molecule has 0 heterocycles. The summed E-state index contributed by atoms with van der Waals surface area (Å²) in [6.07, 6.45) is 1.74. The van der Waals surface area contributed by atoms with Crippen LogP contribution in [0.15, 0.2) is 94.7 Å². The van der Waals surface area contributed by atoms with Gasteiger partial charge in [0.2, 0.25) is 0 Å². The molecule has 0 saturated carbocycles. The summed E-state index contributed by atoms with van der Waals surface area (Å²) in [6, 6.07) is 18.5. The van der Waals surface area contributed by atoms with Crippen LogP contribution in [0, 0.1) is 10.5 Å². The van der Waals surface area contributed by atoms with E-state index in [0.717, 1.165) is 20.6 Å². The van der Waals surface area contributed by atoms with E-state index < -0.39 is 0 Å². The quantitative estimate of drug-likeness (QED) is 0.304. The average Bonchev–Trinajstić information content (AvgIpc) is 2.55. The Balaban J connectivity index is 2.30. The maximum absolute atomic E-state index is 4.75. The van der Waals surface area contributed by atoms with Crippen molar-refractivity contribution in [3.63, 3.8) is 0 Å². The second-order valence-electron chi connectivity index (χ2n) is 4.78. The van der Waals surface area contributed by atoms with Crippen molar-refractivity contribution < 1.29 is 21.2 Å². The molecular weight excluding hydrogens is 381 g/mol. The number of nitrogens with zero attached hydrogens (tertiary/aromatic N) is 1. The fraction of sp³-hybridized carbons (Fsp3) is 0.0500. The molecule has 0 aliphatic heterocycles. The summed E-state index contributed by atoms with van der Waals surface area (Å²) in [5.74, 6) is 0. The van der Waals surface area contributed by atoms with E-state index >= 15 is 0 Å². The molecule has 2 aromatic rings. The van der Waals surface area contributed by atoms with Gasteiger partial charge < -0.3 is 0 Å². The Morgan fingerprint density at radius 2 is 1.64 bits per heavy atom. The van der Waals surface area contributed by atoms with Gasteiger partial charge in [0.25, 0.3) is 0 Å². The second-order valence-corrected chi connectivity index (χ2v) is 7.72. The minimum atomic E-state index is -0.371. The predicted octanol–water partition coefficient (Wildman–Crippen LogP) is 1.96. The van der Waals surface area contributed by atoms with Crippen LogP contribution in [0.4, 0.5) is 0 Å². The molecular formula is C20H19IN-. The van der Waals surface area contributed by atoms with Crippen LogP contribution >= 0.6 is 0 Å². The van der Waals surface area contributed by atoms with Crippen LogP contribution in [0.3, 0.4) is 0 Å². The van der Waals surface area contributed by atoms with Gasteiger partial charge >= 0.3 is 143 Å². The van der Waals surface area contributed by atoms with Gasteiger partial charge in [-0.1, -0.05) is 0 Å². The Kier molecular flexibility index (Phi) is 5.90. The van der Waals surface area contributed by atoms with Gasteiger partial charge in [-0.2, -0.15) is 0 Å². The van der Waals surface area contributed by atoms with Crippen molar-refractivity contribution in [3.05, 3.63) is 104 Å². The van der Waals surface area contributed by atoms with E-state index in [0.29, 0.717) is 0 Å². The molecule has 2 heteroatoms. The first-order chi connectivity index (χ1) is 10.6. The summed E-state index contributed by atoms with van der Waals surface area (Å²) in [5.41, 5.74) is 4.02. The van der Waals surface area contributed by atoms with Crippen molar-refractivity contribution in [3.8, 4) is 0 Å². The normalized spacial score (nSPS) is 11.2. The van der Waals surface area contributed by atoms with E-state index in [9.17, 15) is 0 Å². The molecule has 0 bridgehead atoms. The van der Waals surface area contributed by atoms with E-state index in [1.54, 1.807) is 6.08 Å². The van der Waals surface area contributed by atoms with Gasteiger partial charge in [-0.25, -0.2) is 0 Å². The van der Waals surface area contributed by atoms with Gasteiger partial charge in [0.05, 0.1) is 0 Å². The van der Waals surface area contributed by atoms with Crippen molar-refractivity contribution in [1.82, 2.24) is 0 Å². The molecule has 0 amide bonds. The number of allylic oxidation sites excluding steroid dienone is 2. The van der Waals surface area contributed by atoms with Gasteiger partial charge in [0.1, 0.15) is 0 Å². The summed E-state index contributed by atoms with van der Waals surface area (Å²) >= 11 is -0.371. The summed E-state index contributed by atoms with van der Waals surface area (Å²) in [5, 5.41) is 0. The van der Waals surface area contributed by atoms with Gasteiger partial charge in [-0.3, -0.25) is 0 Å². The Hall–Kier alpha value is -1.94. The van der Waals surface area contributed by atoms with Crippen LogP contribution in [0.1, 0.15) is 11.1 Å². The fourth-order valence-corrected chi connectivity index (χ4v) is 3.96. The first-order valence-electron chi connectivity index (χ1n) is 6.97. The van der Waals surface area contributed by atoms with Gasteiger partial charge in [0, 0.05) is 0 Å². The Morgan fingerprint density at radius 3 is 2.27 bits per heavy atom. The topological polar surface area (TPSA) is 12.4 Å². The fourth-order valence-electron chi connectivity index (χ4n) is 1.93. The molecule has 0 spiro atoms. The molecule has 0 N–H and O–H groups in total. The Bertz CT molecular complexity index is 726. The van der Waals surface area contributed by atoms with Crippen molar-refractivity contribution in [2.45, 2.75) is 6.92 Å². The van der Waals surface area contributed by atoms with Crippen LogP contribution in [-0.2, 0) is 0 Å². The standard InChI is InChI=1S/C20H19IN/c1-5-15(2)20(18-12-7-6-8-13-18)22-17(4)21-19-14-10-9-11-16(19)3/h5-14H,1-2,4H2,3H3/q-1/b22-20+. The van der Waals surface area contributed by atoms with Gasteiger partial charge in [0.15, 0.2) is 0 Å². The third kappa shape index (κ3) is 4.28. The molecule has 0 saturated heterocycles. The van der Waals surface area contributed by atoms with Gasteiger partial charge in [-0.05, 0) is 0 Å². The van der Waals surface area contributed by atoms with Crippen molar-refractivity contribution in [2.24, 2.45) is 4.99 Å². The number of benzene rings is 2. The summed E-state index contributed by atoms with van der Waals surface area (Å²) in [4.78, 5) is 4.75. The number of hydrogen-bond donors (Lipinski definition) is 0. The second kappa shape index (κ2) is 7.90. The van der Waals surface area contributed by atoms with Crippen molar-refractivity contribution >= 4 is 5.71 Å². The molecule has 2 aromatic carbocycles. The molecule has 22 heavy (non-hydrogen) atoms. The molecule has 0 radical (unpaired) electrons. The minimum absolute atomic E-state index is 0.371. The monoisotopic (exact) mass is 400 g/mol. The molecule has 0 aromatic heterocycles. The van der Waals surface area contributed by atoms with Crippen LogP contribution in [-0.4, -0.2) is 5.71 Å². The predicted molar refractivity (Wildman–Crippen MR) is 91.3 cm³/mol.